The van der Waals surface area contributed by atoms with Gasteiger partial charge in [-0.2, -0.15) is 0 Å². The molecule has 5 rings (SSSR count). The van der Waals surface area contributed by atoms with Crippen LogP contribution in [-0.4, -0.2) is 28.2 Å². The molecule has 2 atom stereocenters. The Bertz CT molecular complexity index is 1010. The SMILES string of the molecule is O=C(OCc1ccccc1)N1C2CCC1CC(O)(c1cccc3ccccc13)C2. The molecule has 2 aliphatic heterocycles. The average molecular weight is 387 g/mol. The zero-order valence-corrected chi connectivity index (χ0v) is 16.3. The molecule has 2 heterocycles. The summed E-state index contributed by atoms with van der Waals surface area (Å²) in [5.41, 5.74) is 1.05. The lowest BCUT2D eigenvalue weighted by atomic mass is 9.79. The van der Waals surface area contributed by atoms with Gasteiger partial charge in [-0.15, -0.1) is 0 Å². The first-order valence-corrected chi connectivity index (χ1v) is 10.3. The van der Waals surface area contributed by atoms with Crippen molar-refractivity contribution < 1.29 is 14.6 Å². The molecular weight excluding hydrogens is 362 g/mol. The van der Waals surface area contributed by atoms with E-state index in [2.05, 4.69) is 18.2 Å². The van der Waals surface area contributed by atoms with Gasteiger partial charge in [0.15, 0.2) is 0 Å². The molecule has 29 heavy (non-hydrogen) atoms. The number of carbonyl (C=O) groups excluding carboxylic acids is 1. The Balaban J connectivity index is 1.36. The maximum absolute atomic E-state index is 12.8. The Labute approximate surface area is 170 Å². The molecule has 0 aromatic heterocycles. The molecule has 4 heteroatoms. The highest BCUT2D eigenvalue weighted by molar-refractivity contribution is 5.86. The minimum absolute atomic E-state index is 0.0148. The Morgan fingerprint density at radius 3 is 2.34 bits per heavy atom. The molecule has 1 N–H and O–H groups in total. The van der Waals surface area contributed by atoms with E-state index >= 15 is 0 Å². The van der Waals surface area contributed by atoms with Crippen molar-refractivity contribution in [2.75, 3.05) is 0 Å². The second-order valence-corrected chi connectivity index (χ2v) is 8.30. The second kappa shape index (κ2) is 7.20. The van der Waals surface area contributed by atoms with Crippen LogP contribution >= 0.6 is 0 Å². The van der Waals surface area contributed by atoms with Crippen molar-refractivity contribution in [1.82, 2.24) is 4.90 Å². The third-order valence-corrected chi connectivity index (χ3v) is 6.47. The number of piperidine rings is 1. The van der Waals surface area contributed by atoms with Crippen LogP contribution in [0, 0.1) is 0 Å². The lowest BCUT2D eigenvalue weighted by Crippen LogP contribution is -2.52. The summed E-state index contributed by atoms with van der Waals surface area (Å²) in [7, 11) is 0. The minimum Gasteiger partial charge on any atom is -0.445 e. The lowest BCUT2D eigenvalue weighted by Gasteiger charge is -2.43. The van der Waals surface area contributed by atoms with Crippen LogP contribution in [0.4, 0.5) is 4.79 Å². The molecular formula is C25H25NO3. The zero-order valence-electron chi connectivity index (χ0n) is 16.3. The average Bonchev–Trinajstić information content (AvgIpc) is 3.04. The summed E-state index contributed by atoms with van der Waals surface area (Å²) in [6, 6.07) is 24.1. The molecule has 4 nitrogen and oxygen atoms in total. The molecule has 148 valence electrons. The largest absolute Gasteiger partial charge is 0.445 e. The fraction of sp³-hybridized carbons (Fsp3) is 0.320. The van der Waals surface area contributed by atoms with Gasteiger partial charge in [-0.3, -0.25) is 0 Å². The summed E-state index contributed by atoms with van der Waals surface area (Å²) in [4.78, 5) is 14.7. The third kappa shape index (κ3) is 3.28. The Morgan fingerprint density at radius 2 is 1.59 bits per heavy atom. The quantitative estimate of drug-likeness (QED) is 0.689. The first kappa shape index (κ1) is 18.2. The van der Waals surface area contributed by atoms with Crippen LogP contribution in [0.2, 0.25) is 0 Å². The second-order valence-electron chi connectivity index (χ2n) is 8.30. The normalized spacial score (nSPS) is 25.9. The van der Waals surface area contributed by atoms with Gasteiger partial charge in [0.05, 0.1) is 5.60 Å². The number of benzene rings is 3. The van der Waals surface area contributed by atoms with Crippen molar-refractivity contribution in [2.45, 2.75) is 50.0 Å². The van der Waals surface area contributed by atoms with Gasteiger partial charge < -0.3 is 14.7 Å². The van der Waals surface area contributed by atoms with Gasteiger partial charge in [-0.1, -0.05) is 72.8 Å². The summed E-state index contributed by atoms with van der Waals surface area (Å²) in [6.45, 7) is 0.281. The molecule has 0 aliphatic carbocycles. The monoisotopic (exact) mass is 387 g/mol. The van der Waals surface area contributed by atoms with Gasteiger partial charge in [-0.25, -0.2) is 4.79 Å². The molecule has 3 aromatic carbocycles. The van der Waals surface area contributed by atoms with Gasteiger partial charge in [0.1, 0.15) is 6.61 Å². The Hall–Kier alpha value is -2.85. The summed E-state index contributed by atoms with van der Waals surface area (Å²) in [5, 5.41) is 13.9. The molecule has 0 radical (unpaired) electrons. The van der Waals surface area contributed by atoms with Crippen molar-refractivity contribution in [2.24, 2.45) is 0 Å². The van der Waals surface area contributed by atoms with Crippen LogP contribution in [0.5, 0.6) is 0 Å². The van der Waals surface area contributed by atoms with Crippen molar-refractivity contribution in [3.8, 4) is 0 Å². The third-order valence-electron chi connectivity index (χ3n) is 6.47. The number of hydrogen-bond acceptors (Lipinski definition) is 3. The maximum atomic E-state index is 12.8. The van der Waals surface area contributed by atoms with E-state index in [1.807, 2.05) is 59.5 Å². The van der Waals surface area contributed by atoms with Crippen LogP contribution in [0.25, 0.3) is 10.8 Å². The maximum Gasteiger partial charge on any atom is 0.410 e. The van der Waals surface area contributed by atoms with Gasteiger partial charge in [0.2, 0.25) is 0 Å². The summed E-state index contributed by atoms with van der Waals surface area (Å²) < 4.78 is 5.60. The standard InChI is InChI=1S/C25H25NO3/c27-24(29-17-18-7-2-1-3-8-18)26-20-13-14-21(26)16-25(28,15-20)23-12-6-10-19-9-4-5-11-22(19)23/h1-12,20-21,28H,13-17H2. The van der Waals surface area contributed by atoms with Gasteiger partial charge in [0.25, 0.3) is 0 Å². The van der Waals surface area contributed by atoms with E-state index in [-0.39, 0.29) is 24.8 Å². The fourth-order valence-corrected chi connectivity index (χ4v) is 5.17. The fourth-order valence-electron chi connectivity index (χ4n) is 5.17. The highest BCUT2D eigenvalue weighted by Gasteiger charge is 2.51. The van der Waals surface area contributed by atoms with Gasteiger partial charge in [0, 0.05) is 24.9 Å². The van der Waals surface area contributed by atoms with E-state index in [0.717, 1.165) is 34.7 Å². The molecule has 3 aromatic rings. The highest BCUT2D eigenvalue weighted by Crippen LogP contribution is 2.47. The molecule has 2 bridgehead atoms. The van der Waals surface area contributed by atoms with E-state index in [1.54, 1.807) is 0 Å². The van der Waals surface area contributed by atoms with Crippen LogP contribution in [0.1, 0.15) is 36.8 Å². The van der Waals surface area contributed by atoms with Crippen LogP contribution in [0.3, 0.4) is 0 Å². The molecule has 2 unspecified atom stereocenters. The number of fused-ring (bicyclic) bond motifs is 3. The first-order valence-electron chi connectivity index (χ1n) is 10.3. The number of nitrogens with zero attached hydrogens (tertiary/aromatic N) is 1. The van der Waals surface area contributed by atoms with E-state index in [1.165, 1.54) is 0 Å². The van der Waals surface area contributed by atoms with Gasteiger partial charge >= 0.3 is 6.09 Å². The van der Waals surface area contributed by atoms with Crippen LogP contribution in [0.15, 0.2) is 72.8 Å². The van der Waals surface area contributed by atoms with E-state index in [9.17, 15) is 9.90 Å². The van der Waals surface area contributed by atoms with E-state index in [0.29, 0.717) is 12.8 Å². The summed E-state index contributed by atoms with van der Waals surface area (Å²) in [5.74, 6) is 0. The van der Waals surface area contributed by atoms with Crippen LogP contribution in [-0.2, 0) is 16.9 Å². The van der Waals surface area contributed by atoms with Crippen LogP contribution < -0.4 is 0 Å². The molecule has 2 aliphatic rings. The molecule has 0 spiro atoms. The summed E-state index contributed by atoms with van der Waals surface area (Å²) in [6.07, 6.45) is 2.67. The first-order chi connectivity index (χ1) is 14.1. The highest BCUT2D eigenvalue weighted by atomic mass is 16.6. The molecule has 0 saturated carbocycles. The minimum atomic E-state index is -0.914. The Morgan fingerprint density at radius 1 is 0.931 bits per heavy atom. The smallest absolute Gasteiger partial charge is 0.410 e. The Kier molecular flexibility index (Phi) is 4.51. The zero-order chi connectivity index (χ0) is 19.8. The number of carbonyl (C=O) groups is 1. The molecule has 1 amide bonds. The number of aliphatic hydroxyl groups is 1. The number of hydrogen-bond donors (Lipinski definition) is 1. The van der Waals surface area contributed by atoms with Crippen molar-refractivity contribution in [3.05, 3.63) is 83.9 Å². The lowest BCUT2D eigenvalue weighted by molar-refractivity contribution is -0.0527. The predicted molar refractivity (Wildman–Crippen MR) is 112 cm³/mol. The molecule has 2 saturated heterocycles. The van der Waals surface area contributed by atoms with Crippen molar-refractivity contribution >= 4 is 16.9 Å². The summed E-state index contributed by atoms with van der Waals surface area (Å²) >= 11 is 0. The van der Waals surface area contributed by atoms with E-state index < -0.39 is 5.60 Å². The molecule has 2 fully saturated rings. The predicted octanol–water partition coefficient (Wildman–Crippen LogP) is 4.99. The van der Waals surface area contributed by atoms with Gasteiger partial charge in [-0.05, 0) is 34.7 Å². The number of ether oxygens (including phenoxy) is 1. The number of rotatable bonds is 3. The van der Waals surface area contributed by atoms with Crippen molar-refractivity contribution in [1.29, 1.82) is 0 Å². The topological polar surface area (TPSA) is 49.8 Å². The van der Waals surface area contributed by atoms with E-state index in [4.69, 9.17) is 4.74 Å². The number of amides is 1. The van der Waals surface area contributed by atoms with Crippen molar-refractivity contribution in [3.63, 3.8) is 0 Å².